The van der Waals surface area contributed by atoms with Gasteiger partial charge in [0.25, 0.3) is 0 Å². The van der Waals surface area contributed by atoms with E-state index in [4.69, 9.17) is 4.74 Å². The van der Waals surface area contributed by atoms with Crippen molar-refractivity contribution in [3.63, 3.8) is 0 Å². The Morgan fingerprint density at radius 2 is 1.63 bits per heavy atom. The van der Waals surface area contributed by atoms with E-state index in [1.165, 1.54) is 0 Å². The largest absolute Gasteiger partial charge is 0.455 e. The second-order valence-corrected chi connectivity index (χ2v) is 7.15. The molecule has 0 atom stereocenters. The van der Waals surface area contributed by atoms with Crippen LogP contribution in [0.3, 0.4) is 0 Å². The van der Waals surface area contributed by atoms with E-state index in [1.54, 1.807) is 21.9 Å². The highest BCUT2D eigenvalue weighted by Gasteiger charge is 2.30. The van der Waals surface area contributed by atoms with Crippen LogP contribution >= 0.6 is 0 Å². The van der Waals surface area contributed by atoms with E-state index in [0.717, 1.165) is 11.3 Å². The van der Waals surface area contributed by atoms with Crippen LogP contribution in [-0.2, 0) is 4.79 Å². The van der Waals surface area contributed by atoms with Crippen LogP contribution in [0.4, 0.5) is 16.2 Å². The first-order chi connectivity index (χ1) is 14.6. The first-order valence-electron chi connectivity index (χ1n) is 9.85. The molecule has 3 aromatic carbocycles. The molecule has 0 bridgehead atoms. The normalized spacial score (nSPS) is 13.4. The maximum atomic E-state index is 12.7. The molecule has 0 unspecified atom stereocenters. The summed E-state index contributed by atoms with van der Waals surface area (Å²) in [6, 6.07) is 24.3. The van der Waals surface area contributed by atoms with Crippen molar-refractivity contribution in [1.82, 2.24) is 4.90 Å². The minimum Gasteiger partial charge on any atom is -0.455 e. The fraction of sp³-hybridized carbons (Fsp3) is 0.167. The smallest absolute Gasteiger partial charge is 0.325 e. The van der Waals surface area contributed by atoms with Gasteiger partial charge in [-0.1, -0.05) is 48.0 Å². The molecule has 1 heterocycles. The minimum atomic E-state index is -0.266. The lowest BCUT2D eigenvalue weighted by molar-refractivity contribution is -0.116. The van der Waals surface area contributed by atoms with E-state index in [0.29, 0.717) is 30.3 Å². The highest BCUT2D eigenvalue weighted by molar-refractivity contribution is 5.99. The van der Waals surface area contributed by atoms with E-state index in [1.807, 2.05) is 73.7 Å². The van der Waals surface area contributed by atoms with Crippen molar-refractivity contribution in [1.29, 1.82) is 0 Å². The number of hydrogen-bond donors (Lipinski definition) is 1. The molecule has 1 aliphatic heterocycles. The van der Waals surface area contributed by atoms with Gasteiger partial charge in [0.15, 0.2) is 5.75 Å². The van der Waals surface area contributed by atoms with Crippen LogP contribution in [0.25, 0.3) is 0 Å². The summed E-state index contributed by atoms with van der Waals surface area (Å²) in [7, 11) is 0. The number of carbonyl (C=O) groups excluding carboxylic acids is 2. The van der Waals surface area contributed by atoms with Crippen LogP contribution < -0.4 is 15.0 Å². The second-order valence-electron chi connectivity index (χ2n) is 7.15. The highest BCUT2D eigenvalue weighted by atomic mass is 16.5. The quantitative estimate of drug-likeness (QED) is 0.653. The molecule has 3 aromatic rings. The van der Waals surface area contributed by atoms with Gasteiger partial charge in [0, 0.05) is 18.8 Å². The maximum absolute atomic E-state index is 12.7. The van der Waals surface area contributed by atoms with E-state index >= 15 is 0 Å². The Labute approximate surface area is 175 Å². The lowest BCUT2D eigenvalue weighted by Crippen LogP contribution is -2.37. The van der Waals surface area contributed by atoms with Crippen LogP contribution in [0.2, 0.25) is 0 Å². The Balaban J connectivity index is 1.40. The van der Waals surface area contributed by atoms with Crippen molar-refractivity contribution >= 4 is 23.3 Å². The van der Waals surface area contributed by atoms with E-state index in [9.17, 15) is 9.59 Å². The van der Waals surface area contributed by atoms with Gasteiger partial charge in [0.1, 0.15) is 12.3 Å². The molecular formula is C24H23N3O3. The van der Waals surface area contributed by atoms with Gasteiger partial charge in [-0.3, -0.25) is 9.69 Å². The topological polar surface area (TPSA) is 61.9 Å². The highest BCUT2D eigenvalue weighted by Crippen LogP contribution is 2.29. The molecule has 0 saturated carbocycles. The molecule has 6 nitrogen and oxygen atoms in total. The van der Waals surface area contributed by atoms with Crippen molar-refractivity contribution in [2.45, 2.75) is 6.92 Å². The third-order valence-electron chi connectivity index (χ3n) is 4.91. The number of benzene rings is 3. The molecule has 1 saturated heterocycles. The summed E-state index contributed by atoms with van der Waals surface area (Å²) in [6.07, 6.45) is 0. The average Bonchev–Trinajstić information content (AvgIpc) is 3.11. The number of carbonyl (C=O) groups is 2. The number of nitrogens with zero attached hydrogens (tertiary/aromatic N) is 2. The monoisotopic (exact) mass is 401 g/mol. The number of rotatable bonds is 6. The first-order valence-corrected chi connectivity index (χ1v) is 9.85. The number of aryl methyl sites for hydroxylation is 1. The van der Waals surface area contributed by atoms with Gasteiger partial charge in [0.05, 0.1) is 5.69 Å². The van der Waals surface area contributed by atoms with Crippen LogP contribution in [0.5, 0.6) is 11.5 Å². The molecule has 0 spiro atoms. The Morgan fingerprint density at radius 3 is 2.40 bits per heavy atom. The van der Waals surface area contributed by atoms with Crippen molar-refractivity contribution in [3.8, 4) is 11.5 Å². The number of nitrogens with one attached hydrogen (secondary N) is 1. The summed E-state index contributed by atoms with van der Waals surface area (Å²) >= 11 is 0. The molecule has 6 heteroatoms. The molecule has 0 aromatic heterocycles. The van der Waals surface area contributed by atoms with Gasteiger partial charge in [-0.15, -0.1) is 0 Å². The maximum Gasteiger partial charge on any atom is 0.325 e. The number of ether oxygens (including phenoxy) is 1. The zero-order chi connectivity index (χ0) is 20.9. The third-order valence-corrected chi connectivity index (χ3v) is 4.91. The lowest BCUT2D eigenvalue weighted by atomic mass is 10.2. The van der Waals surface area contributed by atoms with Crippen LogP contribution in [0.1, 0.15) is 5.56 Å². The summed E-state index contributed by atoms with van der Waals surface area (Å²) in [6.45, 7) is 3.05. The molecule has 3 amide bonds. The Kier molecular flexibility index (Phi) is 5.66. The van der Waals surface area contributed by atoms with Gasteiger partial charge in [-0.05, 0) is 43.3 Å². The molecule has 1 fully saturated rings. The molecule has 1 aliphatic rings. The summed E-state index contributed by atoms with van der Waals surface area (Å²) in [4.78, 5) is 28.6. The van der Waals surface area contributed by atoms with Crippen molar-refractivity contribution < 1.29 is 14.3 Å². The van der Waals surface area contributed by atoms with E-state index in [-0.39, 0.29) is 18.5 Å². The fourth-order valence-corrected chi connectivity index (χ4v) is 3.33. The van der Waals surface area contributed by atoms with Crippen molar-refractivity contribution in [2.24, 2.45) is 0 Å². The molecule has 30 heavy (non-hydrogen) atoms. The van der Waals surface area contributed by atoms with Crippen LogP contribution in [0, 0.1) is 6.92 Å². The number of anilines is 2. The van der Waals surface area contributed by atoms with E-state index < -0.39 is 0 Å². The van der Waals surface area contributed by atoms with Gasteiger partial charge in [0.2, 0.25) is 5.91 Å². The molecule has 0 aliphatic carbocycles. The summed E-state index contributed by atoms with van der Waals surface area (Å²) in [5.41, 5.74) is 2.54. The summed E-state index contributed by atoms with van der Waals surface area (Å²) < 4.78 is 5.88. The number of para-hydroxylation sites is 3. The predicted molar refractivity (Wildman–Crippen MR) is 117 cm³/mol. The Hall–Kier alpha value is -3.80. The summed E-state index contributed by atoms with van der Waals surface area (Å²) in [5.74, 6) is 0.965. The zero-order valence-electron chi connectivity index (χ0n) is 16.7. The third kappa shape index (κ3) is 4.43. The predicted octanol–water partition coefficient (Wildman–Crippen LogP) is 4.67. The number of urea groups is 1. The number of amides is 3. The molecule has 152 valence electrons. The first kappa shape index (κ1) is 19.5. The van der Waals surface area contributed by atoms with Gasteiger partial charge in [-0.2, -0.15) is 0 Å². The summed E-state index contributed by atoms with van der Waals surface area (Å²) in [5, 5.41) is 2.86. The minimum absolute atomic E-state index is 0.0130. The zero-order valence-corrected chi connectivity index (χ0v) is 16.7. The Morgan fingerprint density at radius 1 is 0.933 bits per heavy atom. The van der Waals surface area contributed by atoms with Crippen molar-refractivity contribution in [2.75, 3.05) is 29.9 Å². The average molecular weight is 401 g/mol. The Bertz CT molecular complexity index is 1040. The van der Waals surface area contributed by atoms with E-state index in [2.05, 4.69) is 5.32 Å². The second kappa shape index (κ2) is 8.69. The van der Waals surface area contributed by atoms with Crippen LogP contribution in [0.15, 0.2) is 78.9 Å². The van der Waals surface area contributed by atoms with Gasteiger partial charge < -0.3 is 15.0 Å². The fourth-order valence-electron chi connectivity index (χ4n) is 3.33. The molecule has 4 rings (SSSR count). The van der Waals surface area contributed by atoms with Gasteiger partial charge in [-0.25, -0.2) is 4.79 Å². The van der Waals surface area contributed by atoms with Crippen molar-refractivity contribution in [3.05, 3.63) is 84.4 Å². The number of hydrogen-bond acceptors (Lipinski definition) is 3. The van der Waals surface area contributed by atoms with Gasteiger partial charge >= 0.3 is 6.03 Å². The SMILES string of the molecule is Cc1ccc(N2CCN(CC(=O)Nc3ccccc3Oc3ccccc3)C2=O)cc1. The molecule has 0 radical (unpaired) electrons. The molecule has 1 N–H and O–H groups in total. The molecular weight excluding hydrogens is 378 g/mol. The van der Waals surface area contributed by atoms with Crippen LogP contribution in [-0.4, -0.2) is 36.5 Å². The standard InChI is InChI=1S/C24H23N3O3/c1-18-11-13-19(14-12-18)27-16-15-26(24(27)29)17-23(28)25-21-9-5-6-10-22(21)30-20-7-3-2-4-8-20/h2-14H,15-17H2,1H3,(H,25,28). The lowest BCUT2D eigenvalue weighted by Gasteiger charge is -2.19.